The summed E-state index contributed by atoms with van der Waals surface area (Å²) >= 11 is 0. The smallest absolute Gasteiger partial charge is 0.164 e. The van der Waals surface area contributed by atoms with E-state index in [0.29, 0.717) is 17.5 Å². The highest BCUT2D eigenvalue weighted by Gasteiger charge is 2.18. The van der Waals surface area contributed by atoms with Gasteiger partial charge in [0, 0.05) is 22.3 Å². The van der Waals surface area contributed by atoms with Crippen LogP contribution in [-0.2, 0) is 0 Å². The van der Waals surface area contributed by atoms with Crippen LogP contribution < -0.4 is 0 Å². The third kappa shape index (κ3) is 4.20. The molecule has 6 aromatic rings. The molecule has 0 spiro atoms. The Labute approximate surface area is 231 Å². The molecule has 0 radical (unpaired) electrons. The molecule has 0 unspecified atom stereocenters. The lowest BCUT2D eigenvalue weighted by atomic mass is 9.88. The Hall–Kier alpha value is -5.55. The lowest BCUT2D eigenvalue weighted by Crippen LogP contribution is -2.16. The predicted molar refractivity (Wildman–Crippen MR) is 163 cm³/mol. The Morgan fingerprint density at radius 3 is 1.70 bits per heavy atom. The van der Waals surface area contributed by atoms with Crippen molar-refractivity contribution in [1.82, 2.24) is 15.0 Å². The van der Waals surface area contributed by atoms with Crippen molar-refractivity contribution in [2.75, 3.05) is 0 Å². The Morgan fingerprint density at radius 1 is 0.450 bits per heavy atom. The van der Waals surface area contributed by atoms with Crippen LogP contribution in [0.4, 0.5) is 0 Å². The first-order valence-corrected chi connectivity index (χ1v) is 13.0. The van der Waals surface area contributed by atoms with Crippen molar-refractivity contribution in [3.05, 3.63) is 132 Å². The first-order valence-electron chi connectivity index (χ1n) is 13.0. The summed E-state index contributed by atoms with van der Waals surface area (Å²) in [5.41, 5.74) is 7.16. The number of allylic oxidation sites excluding steroid dienone is 1. The monoisotopic (exact) mass is 513 g/mol. The van der Waals surface area contributed by atoms with E-state index in [2.05, 4.69) is 36.4 Å². The molecule has 5 heteroatoms. The summed E-state index contributed by atoms with van der Waals surface area (Å²) < 4.78 is 0. The van der Waals surface area contributed by atoms with Gasteiger partial charge in [-0.3, -0.25) is 10.8 Å². The van der Waals surface area contributed by atoms with Gasteiger partial charge in [-0.1, -0.05) is 109 Å². The highest BCUT2D eigenvalue weighted by molar-refractivity contribution is 6.53. The molecule has 1 heterocycles. The maximum atomic E-state index is 8.46. The lowest BCUT2D eigenvalue weighted by molar-refractivity contribution is 1.07. The van der Waals surface area contributed by atoms with E-state index >= 15 is 0 Å². The first-order chi connectivity index (χ1) is 19.6. The summed E-state index contributed by atoms with van der Waals surface area (Å²) in [5.74, 6) is 1.88. The van der Waals surface area contributed by atoms with Crippen molar-refractivity contribution in [2.45, 2.75) is 0 Å². The summed E-state index contributed by atoms with van der Waals surface area (Å²) in [6, 6.07) is 38.6. The average Bonchev–Trinajstić information content (AvgIpc) is 3.03. The van der Waals surface area contributed by atoms with Crippen molar-refractivity contribution in [3.63, 3.8) is 0 Å². The fourth-order valence-corrected chi connectivity index (χ4v) is 5.11. The van der Waals surface area contributed by atoms with Crippen LogP contribution in [-0.4, -0.2) is 26.4 Å². The van der Waals surface area contributed by atoms with E-state index in [9.17, 15) is 0 Å². The van der Waals surface area contributed by atoms with Gasteiger partial charge in [0.1, 0.15) is 0 Å². The van der Waals surface area contributed by atoms with E-state index in [1.165, 1.54) is 0 Å². The van der Waals surface area contributed by atoms with Crippen LogP contribution >= 0.6 is 0 Å². The van der Waals surface area contributed by atoms with Gasteiger partial charge in [-0.25, -0.2) is 15.0 Å². The molecule has 0 saturated carbocycles. The van der Waals surface area contributed by atoms with Crippen molar-refractivity contribution in [3.8, 4) is 45.3 Å². The van der Waals surface area contributed by atoms with Gasteiger partial charge in [0.25, 0.3) is 0 Å². The zero-order valence-electron chi connectivity index (χ0n) is 21.5. The topological polar surface area (TPSA) is 86.4 Å². The van der Waals surface area contributed by atoms with Gasteiger partial charge >= 0.3 is 0 Å². The van der Waals surface area contributed by atoms with Crippen LogP contribution in [0.25, 0.3) is 62.1 Å². The third-order valence-electron chi connectivity index (χ3n) is 7.15. The van der Waals surface area contributed by atoms with Crippen LogP contribution in [0.1, 0.15) is 11.1 Å². The number of nitrogens with one attached hydrogen (secondary N) is 2. The maximum Gasteiger partial charge on any atom is 0.164 e. The zero-order valence-corrected chi connectivity index (χ0v) is 21.5. The molecular weight excluding hydrogens is 490 g/mol. The standard InChI is InChI=1S/C35H23N5/c36-30-19-17-22-14-15-27-20-26(16-18-29(27)31(22)32(30)37)25-12-7-13-28(21-25)35-39-33(23-8-3-1-4-9-23)38-34(40-35)24-10-5-2-6-11-24/h1-21,36-37H. The Bertz CT molecular complexity index is 1920. The third-order valence-corrected chi connectivity index (χ3v) is 7.15. The molecule has 5 aromatic carbocycles. The molecule has 188 valence electrons. The van der Waals surface area contributed by atoms with E-state index in [-0.39, 0.29) is 11.4 Å². The molecule has 1 aliphatic rings. The zero-order chi connectivity index (χ0) is 27.1. The second kappa shape index (κ2) is 9.64. The highest BCUT2D eigenvalue weighted by Crippen LogP contribution is 2.32. The SMILES string of the molecule is N=C1C=Cc2ccc3cc(-c4cccc(-c5nc(-c6ccccc6)nc(-c6ccccc6)n5)c4)ccc3c2C1=N. The largest absolute Gasteiger partial charge is 0.299 e. The second-order valence-electron chi connectivity index (χ2n) is 9.71. The second-order valence-corrected chi connectivity index (χ2v) is 9.71. The van der Waals surface area contributed by atoms with E-state index in [0.717, 1.165) is 49.7 Å². The van der Waals surface area contributed by atoms with Gasteiger partial charge in [0.15, 0.2) is 17.5 Å². The normalized spacial score (nSPS) is 12.5. The minimum absolute atomic E-state index is 0.235. The maximum absolute atomic E-state index is 8.46. The van der Waals surface area contributed by atoms with Gasteiger partial charge in [0.2, 0.25) is 0 Å². The molecule has 0 saturated heterocycles. The average molecular weight is 514 g/mol. The number of aromatic nitrogens is 3. The Balaban J connectivity index is 1.33. The molecule has 7 rings (SSSR count). The van der Waals surface area contributed by atoms with E-state index in [4.69, 9.17) is 25.8 Å². The fourth-order valence-electron chi connectivity index (χ4n) is 5.11. The number of nitrogens with zero attached hydrogens (tertiary/aromatic N) is 3. The summed E-state index contributed by atoms with van der Waals surface area (Å²) in [7, 11) is 0. The molecule has 1 aliphatic carbocycles. The molecule has 0 amide bonds. The minimum Gasteiger partial charge on any atom is -0.299 e. The number of benzene rings is 5. The molecule has 0 atom stereocenters. The first kappa shape index (κ1) is 23.6. The summed E-state index contributed by atoms with van der Waals surface area (Å²) in [5, 5.41) is 18.6. The van der Waals surface area contributed by atoms with Crippen molar-refractivity contribution in [2.24, 2.45) is 0 Å². The quantitative estimate of drug-likeness (QED) is 0.250. The molecule has 0 aliphatic heterocycles. The highest BCUT2D eigenvalue weighted by atomic mass is 15.0. The van der Waals surface area contributed by atoms with Crippen molar-refractivity contribution in [1.29, 1.82) is 10.8 Å². The lowest BCUT2D eigenvalue weighted by Gasteiger charge is -2.16. The van der Waals surface area contributed by atoms with Gasteiger partial charge in [0.05, 0.1) is 11.4 Å². The summed E-state index contributed by atoms with van der Waals surface area (Å²) in [4.78, 5) is 14.6. The Morgan fingerprint density at radius 2 is 1.02 bits per heavy atom. The van der Waals surface area contributed by atoms with Crippen molar-refractivity contribution >= 4 is 28.3 Å². The van der Waals surface area contributed by atoms with Crippen LogP contribution in [0.3, 0.4) is 0 Å². The summed E-state index contributed by atoms with van der Waals surface area (Å²) in [6.45, 7) is 0. The molecule has 2 N–H and O–H groups in total. The van der Waals surface area contributed by atoms with Crippen LogP contribution in [0, 0.1) is 10.8 Å². The molecule has 0 fully saturated rings. The van der Waals surface area contributed by atoms with Crippen LogP contribution in [0.5, 0.6) is 0 Å². The fraction of sp³-hybridized carbons (Fsp3) is 0. The minimum atomic E-state index is 0.235. The van der Waals surface area contributed by atoms with Gasteiger partial charge in [-0.2, -0.15) is 0 Å². The number of rotatable bonds is 4. The molecule has 1 aromatic heterocycles. The van der Waals surface area contributed by atoms with Crippen molar-refractivity contribution < 1.29 is 0 Å². The number of hydrogen-bond donors (Lipinski definition) is 2. The van der Waals surface area contributed by atoms with E-state index in [1.54, 1.807) is 6.08 Å². The van der Waals surface area contributed by atoms with E-state index in [1.807, 2.05) is 84.9 Å². The number of fused-ring (bicyclic) bond motifs is 3. The predicted octanol–water partition coefficient (Wildman–Crippen LogP) is 8.11. The van der Waals surface area contributed by atoms with Gasteiger partial charge < -0.3 is 0 Å². The van der Waals surface area contributed by atoms with Gasteiger partial charge in [-0.05, 0) is 45.7 Å². The van der Waals surface area contributed by atoms with Gasteiger partial charge in [-0.15, -0.1) is 0 Å². The molecular formula is C35H23N5. The van der Waals surface area contributed by atoms with Crippen LogP contribution in [0.2, 0.25) is 0 Å². The van der Waals surface area contributed by atoms with Crippen LogP contribution in [0.15, 0.2) is 121 Å². The van der Waals surface area contributed by atoms with E-state index < -0.39 is 0 Å². The summed E-state index contributed by atoms with van der Waals surface area (Å²) in [6.07, 6.45) is 3.60. The Kier molecular flexibility index (Phi) is 5.68. The molecule has 0 bridgehead atoms. The number of hydrogen-bond acceptors (Lipinski definition) is 5. The molecule has 5 nitrogen and oxygen atoms in total. The molecule has 40 heavy (non-hydrogen) atoms.